The van der Waals surface area contributed by atoms with Crippen LogP contribution in [0.2, 0.25) is 0 Å². The van der Waals surface area contributed by atoms with Gasteiger partial charge in [0.15, 0.2) is 0 Å². The Kier molecular flexibility index (Phi) is 5.28. The molecule has 1 aromatic carbocycles. The van der Waals surface area contributed by atoms with Gasteiger partial charge in [0.2, 0.25) is 10.0 Å². The van der Waals surface area contributed by atoms with Crippen LogP contribution in [0.1, 0.15) is 17.3 Å². The molecule has 0 bridgehead atoms. The lowest BCUT2D eigenvalue weighted by Crippen LogP contribution is -2.30. The number of halogens is 1. The van der Waals surface area contributed by atoms with Crippen LogP contribution in [0, 0.1) is 5.82 Å². The van der Waals surface area contributed by atoms with E-state index in [9.17, 15) is 17.6 Å². The summed E-state index contributed by atoms with van der Waals surface area (Å²) >= 11 is 1.33. The predicted octanol–water partition coefficient (Wildman–Crippen LogP) is 2.47. The number of hydrogen-bond acceptors (Lipinski definition) is 5. The van der Waals surface area contributed by atoms with Crippen molar-refractivity contribution < 1.29 is 22.3 Å². The third-order valence-electron chi connectivity index (χ3n) is 2.91. The quantitative estimate of drug-likeness (QED) is 0.818. The molecule has 118 valence electrons. The van der Waals surface area contributed by atoms with Gasteiger partial charge in [-0.3, -0.25) is 4.79 Å². The van der Waals surface area contributed by atoms with E-state index >= 15 is 0 Å². The van der Waals surface area contributed by atoms with Gasteiger partial charge < -0.3 is 4.74 Å². The molecule has 0 amide bonds. The lowest BCUT2D eigenvalue weighted by molar-refractivity contribution is -0.141. The van der Waals surface area contributed by atoms with E-state index in [0.29, 0.717) is 4.88 Å². The summed E-state index contributed by atoms with van der Waals surface area (Å²) in [6.07, 6.45) is -0.128. The normalized spacial score (nSPS) is 12.8. The fraction of sp³-hybridized carbons (Fsp3) is 0.214. The molecule has 2 rings (SSSR count). The van der Waals surface area contributed by atoms with Gasteiger partial charge in [0.25, 0.3) is 0 Å². The molecule has 0 aliphatic carbocycles. The van der Waals surface area contributed by atoms with Crippen molar-refractivity contribution in [2.45, 2.75) is 17.4 Å². The summed E-state index contributed by atoms with van der Waals surface area (Å²) in [5.74, 6) is -1.05. The van der Waals surface area contributed by atoms with Crippen molar-refractivity contribution in [3.63, 3.8) is 0 Å². The number of ether oxygens (including phenoxy) is 1. The highest BCUT2D eigenvalue weighted by Gasteiger charge is 2.24. The number of rotatable bonds is 6. The standard InChI is InChI=1S/C14H14FNO4S2/c1-20-14(17)9-12(13-3-2-8-21-13)16-22(18,19)11-6-4-10(15)5-7-11/h2-8,12,16H,9H2,1H3. The maximum absolute atomic E-state index is 12.9. The number of methoxy groups -OCH3 is 1. The van der Waals surface area contributed by atoms with Crippen LogP contribution >= 0.6 is 11.3 Å². The smallest absolute Gasteiger partial charge is 0.307 e. The first-order valence-electron chi connectivity index (χ1n) is 6.30. The summed E-state index contributed by atoms with van der Waals surface area (Å²) in [5, 5.41) is 1.78. The minimum atomic E-state index is -3.87. The molecule has 8 heteroatoms. The number of carbonyl (C=O) groups excluding carboxylic acids is 1. The Morgan fingerprint density at radius 3 is 2.55 bits per heavy atom. The zero-order valence-corrected chi connectivity index (χ0v) is 13.3. The summed E-state index contributed by atoms with van der Waals surface area (Å²) in [6.45, 7) is 0. The van der Waals surface area contributed by atoms with Crippen molar-refractivity contribution in [2.75, 3.05) is 7.11 Å². The van der Waals surface area contributed by atoms with Crippen molar-refractivity contribution >= 4 is 27.3 Å². The van der Waals surface area contributed by atoms with Gasteiger partial charge in [0.05, 0.1) is 24.5 Å². The SMILES string of the molecule is COC(=O)CC(NS(=O)(=O)c1ccc(F)cc1)c1cccs1. The van der Waals surface area contributed by atoms with Gasteiger partial charge >= 0.3 is 5.97 Å². The van der Waals surface area contributed by atoms with Crippen LogP contribution in [0.3, 0.4) is 0 Å². The second-order valence-electron chi connectivity index (χ2n) is 4.42. The molecule has 0 aliphatic rings. The minimum absolute atomic E-state index is 0.0691. The van der Waals surface area contributed by atoms with Crippen molar-refractivity contribution in [3.8, 4) is 0 Å². The fourth-order valence-electron chi connectivity index (χ4n) is 1.81. The number of nitrogens with one attached hydrogen (secondary N) is 1. The molecule has 0 saturated carbocycles. The van der Waals surface area contributed by atoms with Gasteiger partial charge in [0.1, 0.15) is 5.82 Å². The zero-order chi connectivity index (χ0) is 16.2. The maximum Gasteiger partial charge on any atom is 0.307 e. The zero-order valence-electron chi connectivity index (χ0n) is 11.7. The number of carbonyl (C=O) groups is 1. The highest BCUT2D eigenvalue weighted by molar-refractivity contribution is 7.89. The van der Waals surface area contributed by atoms with Crippen LogP contribution in [0.25, 0.3) is 0 Å². The fourth-order valence-corrected chi connectivity index (χ4v) is 3.88. The second kappa shape index (κ2) is 6.99. The van der Waals surface area contributed by atoms with E-state index in [2.05, 4.69) is 9.46 Å². The average molecular weight is 343 g/mol. The lowest BCUT2D eigenvalue weighted by Gasteiger charge is -2.16. The molecular weight excluding hydrogens is 329 g/mol. The monoisotopic (exact) mass is 343 g/mol. The van der Waals surface area contributed by atoms with Gasteiger partial charge in [-0.05, 0) is 35.7 Å². The Morgan fingerprint density at radius 2 is 2.00 bits per heavy atom. The Balaban J connectivity index is 2.25. The van der Waals surface area contributed by atoms with Gasteiger partial charge in [-0.1, -0.05) is 6.07 Å². The molecule has 0 radical (unpaired) electrons. The van der Waals surface area contributed by atoms with Crippen LogP contribution in [-0.4, -0.2) is 21.5 Å². The molecular formula is C14H14FNO4S2. The largest absolute Gasteiger partial charge is 0.469 e. The van der Waals surface area contributed by atoms with Crippen LogP contribution in [0.15, 0.2) is 46.7 Å². The summed E-state index contributed by atoms with van der Waals surface area (Å²) in [4.78, 5) is 12.1. The highest BCUT2D eigenvalue weighted by atomic mass is 32.2. The van der Waals surface area contributed by atoms with Crippen LogP contribution in [0.5, 0.6) is 0 Å². The number of esters is 1. The molecule has 1 unspecified atom stereocenters. The van der Waals surface area contributed by atoms with E-state index in [-0.39, 0.29) is 11.3 Å². The Bertz CT molecular complexity index is 727. The Morgan fingerprint density at radius 1 is 1.32 bits per heavy atom. The van der Waals surface area contributed by atoms with Crippen molar-refractivity contribution in [1.82, 2.24) is 4.72 Å². The summed E-state index contributed by atoms with van der Waals surface area (Å²) in [6, 6.07) is 7.22. The first-order valence-corrected chi connectivity index (χ1v) is 8.67. The number of thiophene rings is 1. The molecule has 5 nitrogen and oxygen atoms in total. The van der Waals surface area contributed by atoms with E-state index in [0.717, 1.165) is 12.1 Å². The molecule has 1 atom stereocenters. The molecule has 22 heavy (non-hydrogen) atoms. The molecule has 0 saturated heterocycles. The molecule has 1 aromatic heterocycles. The Hall–Kier alpha value is -1.77. The lowest BCUT2D eigenvalue weighted by atomic mass is 10.2. The molecule has 0 spiro atoms. The van der Waals surface area contributed by atoms with E-state index in [4.69, 9.17) is 0 Å². The van der Waals surface area contributed by atoms with Crippen molar-refractivity contribution in [2.24, 2.45) is 0 Å². The summed E-state index contributed by atoms with van der Waals surface area (Å²) in [5.41, 5.74) is 0. The van der Waals surface area contributed by atoms with Gasteiger partial charge in [-0.2, -0.15) is 0 Å². The number of hydrogen-bond donors (Lipinski definition) is 1. The third kappa shape index (κ3) is 4.12. The van der Waals surface area contributed by atoms with Crippen LogP contribution in [0.4, 0.5) is 4.39 Å². The topological polar surface area (TPSA) is 72.5 Å². The molecule has 2 aromatic rings. The van der Waals surface area contributed by atoms with Gasteiger partial charge in [0, 0.05) is 4.88 Å². The third-order valence-corrected chi connectivity index (χ3v) is 5.38. The Labute approximate surface area is 131 Å². The summed E-state index contributed by atoms with van der Waals surface area (Å²) < 4.78 is 44.6. The number of benzene rings is 1. The van der Waals surface area contributed by atoms with Crippen LogP contribution in [-0.2, 0) is 19.6 Å². The summed E-state index contributed by atoms with van der Waals surface area (Å²) in [7, 11) is -2.64. The van der Waals surface area contributed by atoms with Gasteiger partial charge in [-0.15, -0.1) is 11.3 Å². The average Bonchev–Trinajstić information content (AvgIpc) is 3.01. The van der Waals surface area contributed by atoms with E-state index in [1.54, 1.807) is 17.5 Å². The molecule has 0 aliphatic heterocycles. The predicted molar refractivity (Wildman–Crippen MR) is 80.4 cm³/mol. The minimum Gasteiger partial charge on any atom is -0.469 e. The highest BCUT2D eigenvalue weighted by Crippen LogP contribution is 2.25. The van der Waals surface area contributed by atoms with Crippen molar-refractivity contribution in [1.29, 1.82) is 0 Å². The molecule has 1 heterocycles. The van der Waals surface area contributed by atoms with Crippen molar-refractivity contribution in [3.05, 3.63) is 52.5 Å². The van der Waals surface area contributed by atoms with Gasteiger partial charge in [-0.25, -0.2) is 17.5 Å². The van der Waals surface area contributed by atoms with E-state index < -0.39 is 27.9 Å². The van der Waals surface area contributed by atoms with E-state index in [1.165, 1.54) is 30.6 Å². The first kappa shape index (κ1) is 16.6. The first-order chi connectivity index (χ1) is 10.4. The molecule has 0 fully saturated rings. The van der Waals surface area contributed by atoms with Crippen LogP contribution < -0.4 is 4.72 Å². The molecule has 1 N–H and O–H groups in total. The van der Waals surface area contributed by atoms with E-state index in [1.807, 2.05) is 0 Å². The maximum atomic E-state index is 12.9. The second-order valence-corrected chi connectivity index (χ2v) is 7.12. The number of sulfonamides is 1.